The van der Waals surface area contributed by atoms with Gasteiger partial charge in [0.25, 0.3) is 6.29 Å². The largest absolute Gasteiger partial charge is 1.00 e. The van der Waals surface area contributed by atoms with Crippen molar-refractivity contribution in [1.82, 2.24) is 0 Å². The maximum absolute atomic E-state index is 10.4. The summed E-state index contributed by atoms with van der Waals surface area (Å²) in [5.74, 6) is -1.15. The van der Waals surface area contributed by atoms with Crippen molar-refractivity contribution in [3.05, 3.63) is 25.3 Å². The SMILES string of the molecule is C=CCOC(OCC=C)C(=O)O.[H-].[Li+]. The van der Waals surface area contributed by atoms with Gasteiger partial charge >= 0.3 is 24.8 Å². The first-order valence-electron chi connectivity index (χ1n) is 3.40. The number of carboxylic acid groups (broad SMARTS) is 1. The van der Waals surface area contributed by atoms with Crippen molar-refractivity contribution < 1.29 is 39.7 Å². The van der Waals surface area contributed by atoms with Gasteiger partial charge in [-0.15, -0.1) is 13.2 Å². The molecule has 0 saturated heterocycles. The fourth-order valence-corrected chi connectivity index (χ4v) is 0.502. The Morgan fingerprint density at radius 1 is 1.38 bits per heavy atom. The first-order valence-corrected chi connectivity index (χ1v) is 3.40. The summed E-state index contributed by atoms with van der Waals surface area (Å²) in [6, 6.07) is 0. The van der Waals surface area contributed by atoms with Crippen LogP contribution in [-0.4, -0.2) is 30.6 Å². The van der Waals surface area contributed by atoms with Gasteiger partial charge in [-0.25, -0.2) is 4.79 Å². The zero-order valence-corrected chi connectivity index (χ0v) is 7.73. The van der Waals surface area contributed by atoms with Crippen LogP contribution in [0.2, 0.25) is 0 Å². The Labute approximate surface area is 90.9 Å². The van der Waals surface area contributed by atoms with Gasteiger partial charge < -0.3 is 16.0 Å². The van der Waals surface area contributed by atoms with E-state index in [4.69, 9.17) is 14.6 Å². The standard InChI is InChI=1S/C8H12O4.Li.H/c1-3-5-11-8(7(9)10)12-6-4-2;;/h3-4,8H,1-2,5-6H2,(H,9,10);;/q;+1;-1. The number of carbonyl (C=O) groups is 1. The van der Waals surface area contributed by atoms with E-state index < -0.39 is 12.3 Å². The van der Waals surface area contributed by atoms with Gasteiger partial charge in [0, 0.05) is 0 Å². The van der Waals surface area contributed by atoms with E-state index in [0.29, 0.717) is 0 Å². The zero-order chi connectivity index (χ0) is 9.40. The molecular weight excluding hydrogens is 167 g/mol. The fraction of sp³-hybridized carbons (Fsp3) is 0.375. The van der Waals surface area contributed by atoms with E-state index in [1.54, 1.807) is 0 Å². The van der Waals surface area contributed by atoms with Crippen molar-refractivity contribution in [3.63, 3.8) is 0 Å². The van der Waals surface area contributed by atoms with E-state index in [0.717, 1.165) is 0 Å². The van der Waals surface area contributed by atoms with Crippen LogP contribution in [0.1, 0.15) is 1.43 Å². The predicted molar refractivity (Wildman–Crippen MR) is 44.8 cm³/mol. The molecule has 0 aliphatic heterocycles. The van der Waals surface area contributed by atoms with Gasteiger partial charge in [0.1, 0.15) is 0 Å². The summed E-state index contributed by atoms with van der Waals surface area (Å²) in [4.78, 5) is 10.4. The van der Waals surface area contributed by atoms with Crippen LogP contribution in [0.5, 0.6) is 0 Å². The van der Waals surface area contributed by atoms with Crippen molar-refractivity contribution in [2.75, 3.05) is 13.2 Å². The number of carboxylic acids is 1. The maximum Gasteiger partial charge on any atom is 1.00 e. The van der Waals surface area contributed by atoms with Gasteiger partial charge in [0.05, 0.1) is 13.2 Å². The third-order valence-electron chi connectivity index (χ3n) is 0.933. The minimum absolute atomic E-state index is 0. The van der Waals surface area contributed by atoms with Gasteiger partial charge in [-0.05, 0) is 0 Å². The summed E-state index contributed by atoms with van der Waals surface area (Å²) in [7, 11) is 0. The van der Waals surface area contributed by atoms with Gasteiger partial charge in [0.15, 0.2) is 0 Å². The molecule has 0 spiro atoms. The molecule has 1 N–H and O–H groups in total. The first-order chi connectivity index (χ1) is 5.72. The Hall–Kier alpha value is -0.533. The van der Waals surface area contributed by atoms with Crippen molar-refractivity contribution in [2.45, 2.75) is 6.29 Å². The van der Waals surface area contributed by atoms with Crippen molar-refractivity contribution in [2.24, 2.45) is 0 Å². The molecule has 0 atom stereocenters. The summed E-state index contributed by atoms with van der Waals surface area (Å²) in [5.41, 5.74) is 0. The fourth-order valence-electron chi connectivity index (χ4n) is 0.502. The quantitative estimate of drug-likeness (QED) is 0.277. The Morgan fingerprint density at radius 3 is 2.00 bits per heavy atom. The molecule has 0 rings (SSSR count). The number of aliphatic carboxylic acids is 1. The Kier molecular flexibility index (Phi) is 11.0. The molecule has 70 valence electrons. The molecule has 0 aliphatic rings. The van der Waals surface area contributed by atoms with E-state index in [-0.39, 0.29) is 33.5 Å². The molecule has 0 radical (unpaired) electrons. The van der Waals surface area contributed by atoms with Gasteiger partial charge in [-0.3, -0.25) is 0 Å². The van der Waals surface area contributed by atoms with E-state index >= 15 is 0 Å². The number of rotatable bonds is 7. The molecule has 4 nitrogen and oxygen atoms in total. The Morgan fingerprint density at radius 2 is 1.77 bits per heavy atom. The van der Waals surface area contributed by atoms with Crippen LogP contribution >= 0.6 is 0 Å². The minimum Gasteiger partial charge on any atom is -1.00 e. The van der Waals surface area contributed by atoms with E-state index in [9.17, 15) is 4.79 Å². The zero-order valence-electron chi connectivity index (χ0n) is 8.73. The monoisotopic (exact) mass is 180 g/mol. The smallest absolute Gasteiger partial charge is 1.00 e. The van der Waals surface area contributed by atoms with Crippen molar-refractivity contribution in [3.8, 4) is 0 Å². The molecule has 0 fully saturated rings. The molecule has 0 aromatic rings. The molecule has 13 heavy (non-hydrogen) atoms. The topological polar surface area (TPSA) is 55.8 Å². The van der Waals surface area contributed by atoms with Crippen LogP contribution in [0, 0.1) is 0 Å². The molecular formula is C8H13LiO4. The van der Waals surface area contributed by atoms with Gasteiger partial charge in [0.2, 0.25) is 0 Å². The summed E-state index contributed by atoms with van der Waals surface area (Å²) in [6.45, 7) is 7.05. The Bertz CT molecular complexity index is 163. The van der Waals surface area contributed by atoms with Crippen LogP contribution in [0.4, 0.5) is 0 Å². The molecule has 0 bridgehead atoms. The average Bonchev–Trinajstić information content (AvgIpc) is 2.04. The van der Waals surface area contributed by atoms with Crippen LogP contribution < -0.4 is 18.9 Å². The number of hydrogen-bond donors (Lipinski definition) is 1. The number of hydrogen-bond acceptors (Lipinski definition) is 3. The predicted octanol–water partition coefficient (Wildman–Crippen LogP) is -2.08. The van der Waals surface area contributed by atoms with Crippen molar-refractivity contribution in [1.29, 1.82) is 0 Å². The van der Waals surface area contributed by atoms with Gasteiger partial charge in [-0.1, -0.05) is 12.2 Å². The average molecular weight is 180 g/mol. The van der Waals surface area contributed by atoms with Crippen LogP contribution in [-0.2, 0) is 14.3 Å². The maximum atomic E-state index is 10.4. The third kappa shape index (κ3) is 7.82. The molecule has 0 saturated carbocycles. The summed E-state index contributed by atoms with van der Waals surface area (Å²) in [5, 5.41) is 8.51. The van der Waals surface area contributed by atoms with E-state index in [1.807, 2.05) is 0 Å². The Balaban J connectivity index is -0.000000605. The summed E-state index contributed by atoms with van der Waals surface area (Å²) in [6.07, 6.45) is 1.67. The molecule has 0 amide bonds. The molecule has 0 aromatic carbocycles. The number of ether oxygens (including phenoxy) is 2. The first kappa shape index (κ1) is 15.0. The van der Waals surface area contributed by atoms with Crippen LogP contribution in [0.3, 0.4) is 0 Å². The minimum atomic E-state index is -1.24. The summed E-state index contributed by atoms with van der Waals surface area (Å²) >= 11 is 0. The molecule has 5 heteroatoms. The van der Waals surface area contributed by atoms with Crippen LogP contribution in [0.15, 0.2) is 25.3 Å². The van der Waals surface area contributed by atoms with Gasteiger partial charge in [-0.2, -0.15) is 0 Å². The second-order valence-corrected chi connectivity index (χ2v) is 1.91. The third-order valence-corrected chi connectivity index (χ3v) is 0.933. The summed E-state index contributed by atoms with van der Waals surface area (Å²) < 4.78 is 9.53. The van der Waals surface area contributed by atoms with E-state index in [1.165, 1.54) is 12.2 Å². The molecule has 0 heterocycles. The second kappa shape index (κ2) is 9.55. The molecule has 0 unspecified atom stereocenters. The normalized spacial score (nSPS) is 9.00. The second-order valence-electron chi connectivity index (χ2n) is 1.91. The molecule has 0 aromatic heterocycles. The van der Waals surface area contributed by atoms with Crippen LogP contribution in [0.25, 0.3) is 0 Å². The van der Waals surface area contributed by atoms with Crippen molar-refractivity contribution >= 4 is 5.97 Å². The molecule has 0 aliphatic carbocycles. The van der Waals surface area contributed by atoms with E-state index in [2.05, 4.69) is 13.2 Å².